The third-order valence-corrected chi connectivity index (χ3v) is 4.36. The van der Waals surface area contributed by atoms with Gasteiger partial charge in [-0.05, 0) is 37.0 Å². The van der Waals surface area contributed by atoms with Crippen LogP contribution in [0.1, 0.15) is 31.2 Å². The molecular weight excluding hydrogens is 312 g/mol. The molecule has 24 heavy (non-hydrogen) atoms. The monoisotopic (exact) mass is 338 g/mol. The van der Waals surface area contributed by atoms with Crippen LogP contribution < -0.4 is 9.47 Å². The summed E-state index contributed by atoms with van der Waals surface area (Å²) < 4.78 is 26.2. The second kappa shape index (κ2) is 8.89. The Morgan fingerprint density at radius 2 is 1.79 bits per heavy atom. The summed E-state index contributed by atoms with van der Waals surface area (Å²) in [5.41, 5.74) is 0.945. The van der Waals surface area contributed by atoms with Crippen LogP contribution in [-0.4, -0.2) is 40.9 Å². The zero-order valence-electron chi connectivity index (χ0n) is 14.7. The van der Waals surface area contributed by atoms with Crippen LogP contribution >= 0.6 is 0 Å². The van der Waals surface area contributed by atoms with Crippen LogP contribution in [0.4, 0.5) is 0 Å². The fourth-order valence-electron chi connectivity index (χ4n) is 3.33. The van der Waals surface area contributed by atoms with Crippen LogP contribution in [0.2, 0.25) is 0 Å². The van der Waals surface area contributed by atoms with Gasteiger partial charge in [0.1, 0.15) is 11.5 Å². The van der Waals surface area contributed by atoms with Crippen molar-refractivity contribution >= 4 is 5.97 Å². The number of ether oxygens (including phenoxy) is 5. The normalized spacial score (nSPS) is 23.1. The Labute approximate surface area is 143 Å². The van der Waals surface area contributed by atoms with Crippen LogP contribution in [0, 0.1) is 11.8 Å². The van der Waals surface area contributed by atoms with E-state index >= 15 is 0 Å². The maximum atomic E-state index is 12.2. The average molecular weight is 338 g/mol. The maximum absolute atomic E-state index is 12.2. The molecule has 1 aromatic carbocycles. The average Bonchev–Trinajstić information content (AvgIpc) is 2.99. The van der Waals surface area contributed by atoms with Crippen molar-refractivity contribution in [3.8, 4) is 11.5 Å². The Bertz CT molecular complexity index is 544. The summed E-state index contributed by atoms with van der Waals surface area (Å²) in [4.78, 5) is 12.2. The molecule has 0 bridgehead atoms. The molecule has 0 saturated heterocycles. The smallest absolute Gasteiger partial charge is 0.309 e. The molecule has 1 fully saturated rings. The van der Waals surface area contributed by atoms with E-state index in [1.54, 1.807) is 14.2 Å². The number of esters is 1. The largest absolute Gasteiger partial charge is 0.469 e. The minimum atomic E-state index is -0.176. The minimum Gasteiger partial charge on any atom is -0.469 e. The van der Waals surface area contributed by atoms with E-state index in [1.165, 1.54) is 7.11 Å². The lowest BCUT2D eigenvalue weighted by atomic mass is 9.88. The van der Waals surface area contributed by atoms with E-state index < -0.39 is 0 Å². The summed E-state index contributed by atoms with van der Waals surface area (Å²) in [7, 11) is 4.58. The third kappa shape index (κ3) is 4.39. The molecule has 2 rings (SSSR count). The van der Waals surface area contributed by atoms with Crippen molar-refractivity contribution in [3.05, 3.63) is 23.8 Å². The third-order valence-electron chi connectivity index (χ3n) is 4.36. The first-order valence-corrected chi connectivity index (χ1v) is 8.06. The molecule has 6 heteroatoms. The van der Waals surface area contributed by atoms with Gasteiger partial charge in [0, 0.05) is 25.7 Å². The molecule has 1 aliphatic carbocycles. The van der Waals surface area contributed by atoms with Crippen molar-refractivity contribution in [1.82, 2.24) is 0 Å². The van der Waals surface area contributed by atoms with E-state index in [4.69, 9.17) is 23.7 Å². The number of hydrogen-bond acceptors (Lipinski definition) is 6. The molecular formula is C18H26O6. The zero-order valence-corrected chi connectivity index (χ0v) is 14.7. The second-order valence-corrected chi connectivity index (χ2v) is 6.11. The summed E-state index contributed by atoms with van der Waals surface area (Å²) >= 11 is 0. The molecule has 0 spiro atoms. The van der Waals surface area contributed by atoms with Gasteiger partial charge in [-0.1, -0.05) is 6.92 Å². The molecule has 0 radical (unpaired) electrons. The number of benzene rings is 1. The molecule has 0 aliphatic heterocycles. The van der Waals surface area contributed by atoms with E-state index in [0.29, 0.717) is 17.4 Å². The van der Waals surface area contributed by atoms with Crippen molar-refractivity contribution in [2.75, 3.05) is 34.9 Å². The molecule has 1 aromatic rings. The standard InChI is InChI=1S/C18H26O6/c1-12-7-14(16(8-12)18(19)22-4)15-9-13(23-10-20-2)5-6-17(15)24-11-21-3/h5-6,9,12,14,16H,7-8,10-11H2,1-4H3/t12-,14-,16-/m0/s1. The van der Waals surface area contributed by atoms with Gasteiger partial charge < -0.3 is 23.7 Å². The molecule has 3 atom stereocenters. The predicted octanol–water partition coefficient (Wildman–Crippen LogP) is 2.95. The first-order chi connectivity index (χ1) is 11.6. The lowest BCUT2D eigenvalue weighted by Gasteiger charge is -2.21. The van der Waals surface area contributed by atoms with Gasteiger partial charge in [0.2, 0.25) is 0 Å². The van der Waals surface area contributed by atoms with E-state index in [9.17, 15) is 4.79 Å². The quantitative estimate of drug-likeness (QED) is 0.536. The molecule has 0 aromatic heterocycles. The van der Waals surface area contributed by atoms with Gasteiger partial charge in [0.25, 0.3) is 0 Å². The Morgan fingerprint density at radius 1 is 1.08 bits per heavy atom. The Balaban J connectivity index is 2.33. The Kier molecular flexibility index (Phi) is 6.87. The van der Waals surface area contributed by atoms with Crippen molar-refractivity contribution in [2.24, 2.45) is 11.8 Å². The number of carbonyl (C=O) groups is 1. The van der Waals surface area contributed by atoms with Gasteiger partial charge in [0.05, 0.1) is 13.0 Å². The van der Waals surface area contributed by atoms with E-state index in [-0.39, 0.29) is 31.4 Å². The first kappa shape index (κ1) is 18.5. The molecule has 0 amide bonds. The van der Waals surface area contributed by atoms with Gasteiger partial charge in [-0.2, -0.15) is 0 Å². The van der Waals surface area contributed by atoms with Crippen LogP contribution in [0.25, 0.3) is 0 Å². The van der Waals surface area contributed by atoms with Crippen LogP contribution in [0.5, 0.6) is 11.5 Å². The van der Waals surface area contributed by atoms with Crippen molar-refractivity contribution < 1.29 is 28.5 Å². The van der Waals surface area contributed by atoms with Gasteiger partial charge in [-0.25, -0.2) is 0 Å². The molecule has 0 heterocycles. The molecule has 6 nitrogen and oxygen atoms in total. The lowest BCUT2D eigenvalue weighted by molar-refractivity contribution is -0.145. The highest BCUT2D eigenvalue weighted by molar-refractivity contribution is 5.74. The molecule has 1 saturated carbocycles. The molecule has 0 unspecified atom stereocenters. The topological polar surface area (TPSA) is 63.2 Å². The summed E-state index contributed by atoms with van der Waals surface area (Å²) in [6.45, 7) is 2.46. The Hall–Kier alpha value is -1.79. The summed E-state index contributed by atoms with van der Waals surface area (Å²) in [5, 5.41) is 0. The molecule has 0 N–H and O–H groups in total. The van der Waals surface area contributed by atoms with Gasteiger partial charge in [0.15, 0.2) is 13.6 Å². The highest BCUT2D eigenvalue weighted by atomic mass is 16.7. The maximum Gasteiger partial charge on any atom is 0.309 e. The van der Waals surface area contributed by atoms with E-state index in [0.717, 1.165) is 18.4 Å². The van der Waals surface area contributed by atoms with Gasteiger partial charge in [-0.15, -0.1) is 0 Å². The van der Waals surface area contributed by atoms with E-state index in [2.05, 4.69) is 6.92 Å². The van der Waals surface area contributed by atoms with Crippen molar-refractivity contribution in [2.45, 2.75) is 25.7 Å². The van der Waals surface area contributed by atoms with Crippen molar-refractivity contribution in [1.29, 1.82) is 0 Å². The van der Waals surface area contributed by atoms with Gasteiger partial charge in [-0.3, -0.25) is 4.79 Å². The summed E-state index contributed by atoms with van der Waals surface area (Å²) in [5.74, 6) is 1.51. The second-order valence-electron chi connectivity index (χ2n) is 6.11. The van der Waals surface area contributed by atoms with Crippen LogP contribution in [0.3, 0.4) is 0 Å². The fraction of sp³-hybridized carbons (Fsp3) is 0.611. The van der Waals surface area contributed by atoms with Gasteiger partial charge >= 0.3 is 5.97 Å². The lowest BCUT2D eigenvalue weighted by Crippen LogP contribution is -2.20. The number of rotatable bonds is 8. The fourth-order valence-corrected chi connectivity index (χ4v) is 3.33. The summed E-state index contributed by atoms with van der Waals surface area (Å²) in [6.07, 6.45) is 1.71. The number of hydrogen-bond donors (Lipinski definition) is 0. The molecule has 1 aliphatic rings. The minimum absolute atomic E-state index is 0.0328. The Morgan fingerprint density at radius 3 is 2.46 bits per heavy atom. The first-order valence-electron chi connectivity index (χ1n) is 8.06. The van der Waals surface area contributed by atoms with Crippen LogP contribution in [-0.2, 0) is 19.0 Å². The van der Waals surface area contributed by atoms with Crippen molar-refractivity contribution in [3.63, 3.8) is 0 Å². The highest BCUT2D eigenvalue weighted by Crippen LogP contribution is 2.47. The number of carbonyl (C=O) groups excluding carboxylic acids is 1. The SMILES string of the molecule is COCOc1ccc(OCOC)c([C@@H]2C[C@H](C)C[C@@H]2C(=O)OC)c1. The molecule has 134 valence electrons. The zero-order chi connectivity index (χ0) is 17.5. The number of methoxy groups -OCH3 is 3. The highest BCUT2D eigenvalue weighted by Gasteiger charge is 2.40. The predicted molar refractivity (Wildman–Crippen MR) is 88.1 cm³/mol. The summed E-state index contributed by atoms with van der Waals surface area (Å²) in [6, 6.07) is 5.58. The van der Waals surface area contributed by atoms with E-state index in [1.807, 2.05) is 18.2 Å². The van der Waals surface area contributed by atoms with Crippen LogP contribution in [0.15, 0.2) is 18.2 Å².